The Bertz CT molecular complexity index is 99.7. The van der Waals surface area contributed by atoms with E-state index in [9.17, 15) is 5.11 Å². The summed E-state index contributed by atoms with van der Waals surface area (Å²) < 4.78 is 0. The van der Waals surface area contributed by atoms with Gasteiger partial charge in [-0.25, -0.2) is 0 Å². The van der Waals surface area contributed by atoms with Crippen LogP contribution in [0.5, 0.6) is 0 Å². The van der Waals surface area contributed by atoms with Gasteiger partial charge in [-0.15, -0.1) is 0 Å². The van der Waals surface area contributed by atoms with Crippen LogP contribution in [0.15, 0.2) is 0 Å². The van der Waals surface area contributed by atoms with Crippen LogP contribution in [-0.4, -0.2) is 17.3 Å². The zero-order valence-electron chi connectivity index (χ0n) is 7.93. The van der Waals surface area contributed by atoms with Gasteiger partial charge in [-0.05, 0) is 18.8 Å². The van der Waals surface area contributed by atoms with E-state index in [0.29, 0.717) is 12.5 Å². The van der Waals surface area contributed by atoms with E-state index < -0.39 is 5.60 Å². The summed E-state index contributed by atoms with van der Waals surface area (Å²) in [4.78, 5) is 0. The van der Waals surface area contributed by atoms with Gasteiger partial charge in [0.2, 0.25) is 0 Å². The lowest BCUT2D eigenvalue weighted by Crippen LogP contribution is -2.43. The summed E-state index contributed by atoms with van der Waals surface area (Å²) >= 11 is 0. The van der Waals surface area contributed by atoms with Crippen molar-refractivity contribution in [3.8, 4) is 0 Å². The average Bonchev–Trinajstić information content (AvgIpc) is 2.03. The van der Waals surface area contributed by atoms with Crippen molar-refractivity contribution in [3.05, 3.63) is 0 Å². The van der Waals surface area contributed by atoms with Crippen molar-refractivity contribution in [2.24, 2.45) is 11.7 Å². The third-order valence-electron chi connectivity index (χ3n) is 2.60. The molecule has 0 radical (unpaired) electrons. The van der Waals surface area contributed by atoms with Crippen molar-refractivity contribution in [2.45, 2.75) is 45.6 Å². The summed E-state index contributed by atoms with van der Waals surface area (Å²) in [5.74, 6) is 0.322. The first kappa shape index (κ1) is 10.9. The molecule has 0 amide bonds. The van der Waals surface area contributed by atoms with Gasteiger partial charge in [0, 0.05) is 6.54 Å². The van der Waals surface area contributed by atoms with Crippen LogP contribution in [0, 0.1) is 5.92 Å². The average molecular weight is 159 g/mol. The molecular weight excluding hydrogens is 138 g/mol. The highest BCUT2D eigenvalue weighted by atomic mass is 16.3. The zero-order valence-corrected chi connectivity index (χ0v) is 7.93. The highest BCUT2D eigenvalue weighted by Gasteiger charge is 2.29. The Labute approximate surface area is 69.8 Å². The molecule has 0 aromatic rings. The summed E-state index contributed by atoms with van der Waals surface area (Å²) in [5.41, 5.74) is 4.87. The molecule has 0 rings (SSSR count). The van der Waals surface area contributed by atoms with Crippen LogP contribution in [0.1, 0.15) is 40.0 Å². The molecule has 3 N–H and O–H groups in total. The number of nitrogens with two attached hydrogens (primary N) is 1. The Kier molecular flexibility index (Phi) is 4.69. The molecule has 0 saturated carbocycles. The van der Waals surface area contributed by atoms with E-state index >= 15 is 0 Å². The van der Waals surface area contributed by atoms with Gasteiger partial charge >= 0.3 is 0 Å². The molecule has 0 aliphatic carbocycles. The van der Waals surface area contributed by atoms with Gasteiger partial charge in [0.25, 0.3) is 0 Å². The molecule has 0 fully saturated rings. The lowest BCUT2D eigenvalue weighted by Gasteiger charge is -2.31. The Morgan fingerprint density at radius 3 is 2.27 bits per heavy atom. The Balaban J connectivity index is 4.00. The lowest BCUT2D eigenvalue weighted by atomic mass is 9.84. The van der Waals surface area contributed by atoms with E-state index in [1.807, 2.05) is 6.92 Å². The van der Waals surface area contributed by atoms with Gasteiger partial charge < -0.3 is 10.8 Å². The van der Waals surface area contributed by atoms with Gasteiger partial charge in [0.15, 0.2) is 0 Å². The standard InChI is InChI=1S/C9H21NO/c1-4-6-8(3)9(11,5-2)7-10/h8,11H,4-7,10H2,1-3H3. The van der Waals surface area contributed by atoms with E-state index in [1.165, 1.54) is 0 Å². The molecular formula is C9H21NO. The highest BCUT2D eigenvalue weighted by Crippen LogP contribution is 2.23. The number of aliphatic hydroxyl groups is 1. The molecule has 11 heavy (non-hydrogen) atoms. The molecule has 2 unspecified atom stereocenters. The fraction of sp³-hybridized carbons (Fsp3) is 1.00. The molecule has 2 heteroatoms. The maximum absolute atomic E-state index is 9.90. The van der Waals surface area contributed by atoms with E-state index in [1.54, 1.807) is 0 Å². The van der Waals surface area contributed by atoms with Gasteiger partial charge in [-0.2, -0.15) is 0 Å². The van der Waals surface area contributed by atoms with Crippen molar-refractivity contribution in [1.29, 1.82) is 0 Å². The minimum atomic E-state index is -0.629. The van der Waals surface area contributed by atoms with Crippen LogP contribution in [0.25, 0.3) is 0 Å². The highest BCUT2D eigenvalue weighted by molar-refractivity contribution is 4.83. The van der Waals surface area contributed by atoms with E-state index in [-0.39, 0.29) is 0 Å². The third kappa shape index (κ3) is 2.80. The molecule has 0 bridgehead atoms. The monoisotopic (exact) mass is 159 g/mol. The fourth-order valence-corrected chi connectivity index (χ4v) is 1.40. The van der Waals surface area contributed by atoms with Crippen LogP contribution < -0.4 is 5.73 Å². The quantitative estimate of drug-likeness (QED) is 0.639. The summed E-state index contributed by atoms with van der Waals surface area (Å²) in [6.07, 6.45) is 2.93. The van der Waals surface area contributed by atoms with Gasteiger partial charge in [-0.1, -0.05) is 27.2 Å². The van der Waals surface area contributed by atoms with Crippen LogP contribution >= 0.6 is 0 Å². The summed E-state index contributed by atoms with van der Waals surface area (Å²) in [6.45, 7) is 6.56. The Morgan fingerprint density at radius 1 is 1.45 bits per heavy atom. The van der Waals surface area contributed by atoms with Crippen LogP contribution in [0.2, 0.25) is 0 Å². The van der Waals surface area contributed by atoms with Crippen molar-refractivity contribution in [3.63, 3.8) is 0 Å². The Hall–Kier alpha value is -0.0800. The molecule has 68 valence electrons. The lowest BCUT2D eigenvalue weighted by molar-refractivity contribution is -0.0102. The molecule has 2 atom stereocenters. The topological polar surface area (TPSA) is 46.2 Å². The van der Waals surface area contributed by atoms with Crippen molar-refractivity contribution < 1.29 is 5.11 Å². The number of hydrogen-bond donors (Lipinski definition) is 2. The van der Waals surface area contributed by atoms with E-state index in [0.717, 1.165) is 19.3 Å². The molecule has 0 spiro atoms. The third-order valence-corrected chi connectivity index (χ3v) is 2.60. The number of hydrogen-bond acceptors (Lipinski definition) is 2. The second kappa shape index (κ2) is 4.73. The largest absolute Gasteiger partial charge is 0.388 e. The number of rotatable bonds is 5. The second-order valence-corrected chi connectivity index (χ2v) is 3.35. The molecule has 0 aromatic heterocycles. The predicted octanol–water partition coefficient (Wildman–Crippen LogP) is 1.52. The summed E-state index contributed by atoms with van der Waals surface area (Å²) in [6, 6.07) is 0. The molecule has 2 nitrogen and oxygen atoms in total. The van der Waals surface area contributed by atoms with E-state index in [2.05, 4.69) is 13.8 Å². The van der Waals surface area contributed by atoms with Gasteiger partial charge in [-0.3, -0.25) is 0 Å². The minimum absolute atomic E-state index is 0.322. The fourth-order valence-electron chi connectivity index (χ4n) is 1.40. The van der Waals surface area contributed by atoms with Gasteiger partial charge in [0.05, 0.1) is 5.60 Å². The van der Waals surface area contributed by atoms with E-state index in [4.69, 9.17) is 5.73 Å². The molecule has 0 heterocycles. The van der Waals surface area contributed by atoms with Crippen molar-refractivity contribution in [1.82, 2.24) is 0 Å². The molecule has 0 aliphatic rings. The first-order valence-corrected chi connectivity index (χ1v) is 4.53. The minimum Gasteiger partial charge on any atom is -0.388 e. The molecule has 0 aromatic carbocycles. The first-order chi connectivity index (χ1) is 5.10. The normalized spacial score (nSPS) is 19.4. The van der Waals surface area contributed by atoms with Crippen LogP contribution in [-0.2, 0) is 0 Å². The Morgan fingerprint density at radius 2 is 2.00 bits per heavy atom. The zero-order chi connectivity index (χ0) is 8.91. The van der Waals surface area contributed by atoms with Crippen LogP contribution in [0.4, 0.5) is 0 Å². The van der Waals surface area contributed by atoms with Crippen molar-refractivity contribution in [2.75, 3.05) is 6.54 Å². The predicted molar refractivity (Wildman–Crippen MR) is 48.4 cm³/mol. The SMILES string of the molecule is CCCC(C)C(O)(CC)CN. The molecule has 0 aliphatic heterocycles. The van der Waals surface area contributed by atoms with Gasteiger partial charge in [0.1, 0.15) is 0 Å². The van der Waals surface area contributed by atoms with Crippen LogP contribution in [0.3, 0.4) is 0 Å². The molecule has 0 saturated heterocycles. The maximum Gasteiger partial charge on any atom is 0.0792 e. The first-order valence-electron chi connectivity index (χ1n) is 4.53. The second-order valence-electron chi connectivity index (χ2n) is 3.35. The maximum atomic E-state index is 9.90. The summed E-state index contributed by atoms with van der Waals surface area (Å²) in [5, 5.41) is 9.90. The van der Waals surface area contributed by atoms with Crippen molar-refractivity contribution >= 4 is 0 Å². The summed E-state index contributed by atoms with van der Waals surface area (Å²) in [7, 11) is 0. The smallest absolute Gasteiger partial charge is 0.0792 e.